The van der Waals surface area contributed by atoms with E-state index >= 15 is 0 Å². The van der Waals surface area contributed by atoms with Crippen LogP contribution in [0.3, 0.4) is 0 Å². The first-order chi connectivity index (χ1) is 17.3. The number of ether oxygens (including phenoxy) is 2. The Morgan fingerprint density at radius 3 is 2.27 bits per heavy atom. The molecular weight excluding hydrogens is 541 g/mol. The van der Waals surface area contributed by atoms with Crippen LogP contribution in [0.15, 0.2) is 82.6 Å². The van der Waals surface area contributed by atoms with Gasteiger partial charge in [0.15, 0.2) is 6.61 Å². The highest BCUT2D eigenvalue weighted by atomic mass is 35.5. The van der Waals surface area contributed by atoms with E-state index in [0.29, 0.717) is 30.3 Å². The summed E-state index contributed by atoms with van der Waals surface area (Å²) in [5.41, 5.74) is 1.69. The molecule has 0 aromatic heterocycles. The standard InChI is InChI=1S/C26H28ClNO7S.ClH/c27-21-3-1-2-20(16-21)25(30)17-28-13-12-19-4-8-23(9-5-19)36(32,33)24-10-6-22(7-11-24)35-18-26(31)34-15-14-29;/h1-11,16,25,28-30H,12-15,17-18H2;1H/t25-;/m0./s1. The Labute approximate surface area is 227 Å². The lowest BCUT2D eigenvalue weighted by atomic mass is 10.1. The van der Waals surface area contributed by atoms with Gasteiger partial charge in [-0.05, 0) is 72.6 Å². The van der Waals surface area contributed by atoms with E-state index in [4.69, 9.17) is 26.2 Å². The quantitative estimate of drug-likeness (QED) is 0.211. The average Bonchev–Trinajstić information content (AvgIpc) is 2.89. The van der Waals surface area contributed by atoms with Gasteiger partial charge < -0.3 is 25.0 Å². The fourth-order valence-electron chi connectivity index (χ4n) is 3.33. The summed E-state index contributed by atoms with van der Waals surface area (Å²) in [6.45, 7) is 0.254. The Hall–Kier alpha value is -2.66. The maximum Gasteiger partial charge on any atom is 0.344 e. The molecule has 0 spiro atoms. The third-order valence-electron chi connectivity index (χ3n) is 5.24. The van der Waals surface area contributed by atoms with Gasteiger partial charge in [0.1, 0.15) is 12.4 Å². The van der Waals surface area contributed by atoms with Crippen LogP contribution < -0.4 is 10.1 Å². The lowest BCUT2D eigenvalue weighted by Gasteiger charge is -2.13. The number of nitrogens with one attached hydrogen (secondary N) is 1. The van der Waals surface area contributed by atoms with Crippen molar-refractivity contribution >= 4 is 39.8 Å². The number of sulfone groups is 1. The van der Waals surface area contributed by atoms with Gasteiger partial charge in [0.05, 0.1) is 22.5 Å². The van der Waals surface area contributed by atoms with Gasteiger partial charge in [0.25, 0.3) is 0 Å². The molecule has 3 aromatic rings. The van der Waals surface area contributed by atoms with Gasteiger partial charge in [-0.2, -0.15) is 0 Å². The second-order valence-corrected chi connectivity index (χ2v) is 10.3. The maximum absolute atomic E-state index is 12.9. The Balaban J connectivity index is 0.00000481. The molecule has 0 fully saturated rings. The second-order valence-electron chi connectivity index (χ2n) is 7.88. The van der Waals surface area contributed by atoms with Gasteiger partial charge in [-0.25, -0.2) is 13.2 Å². The smallest absolute Gasteiger partial charge is 0.344 e. The van der Waals surface area contributed by atoms with Crippen LogP contribution in [-0.2, 0) is 25.8 Å². The van der Waals surface area contributed by atoms with E-state index in [1.807, 2.05) is 6.07 Å². The van der Waals surface area contributed by atoms with Crippen molar-refractivity contribution in [2.75, 3.05) is 32.9 Å². The fourth-order valence-corrected chi connectivity index (χ4v) is 4.79. The second kappa shape index (κ2) is 14.9. The van der Waals surface area contributed by atoms with Crippen LogP contribution in [0.5, 0.6) is 5.75 Å². The van der Waals surface area contributed by atoms with Crippen LogP contribution in [0.2, 0.25) is 5.02 Å². The number of carbonyl (C=O) groups is 1. The Bertz CT molecular complexity index is 1240. The molecular formula is C26H29Cl2NO7S. The molecule has 3 aromatic carbocycles. The predicted octanol–water partition coefficient (Wildman–Crippen LogP) is 3.37. The van der Waals surface area contributed by atoms with Gasteiger partial charge in [-0.3, -0.25) is 0 Å². The van der Waals surface area contributed by atoms with E-state index in [-0.39, 0.29) is 42.0 Å². The first kappa shape index (κ1) is 30.6. The third-order valence-corrected chi connectivity index (χ3v) is 7.26. The monoisotopic (exact) mass is 569 g/mol. The summed E-state index contributed by atoms with van der Waals surface area (Å²) in [5.74, 6) is -0.313. The highest BCUT2D eigenvalue weighted by Gasteiger charge is 2.18. The molecule has 3 N–H and O–H groups in total. The summed E-state index contributed by atoms with van der Waals surface area (Å²) in [5, 5.41) is 22.7. The van der Waals surface area contributed by atoms with Gasteiger partial charge in [-0.1, -0.05) is 35.9 Å². The van der Waals surface area contributed by atoms with Crippen molar-refractivity contribution in [2.45, 2.75) is 22.3 Å². The van der Waals surface area contributed by atoms with Gasteiger partial charge >= 0.3 is 5.97 Å². The highest BCUT2D eigenvalue weighted by molar-refractivity contribution is 7.91. The number of halogens is 2. The van der Waals surface area contributed by atoms with E-state index in [9.17, 15) is 18.3 Å². The van der Waals surface area contributed by atoms with Crippen LogP contribution in [0.1, 0.15) is 17.2 Å². The number of hydrogen-bond donors (Lipinski definition) is 3. The molecule has 200 valence electrons. The van der Waals surface area contributed by atoms with Crippen LogP contribution in [0, 0.1) is 0 Å². The molecule has 8 nitrogen and oxygen atoms in total. The number of hydrogen-bond acceptors (Lipinski definition) is 8. The minimum atomic E-state index is -3.72. The molecule has 1 atom stereocenters. The van der Waals surface area contributed by atoms with Gasteiger partial charge in [0.2, 0.25) is 9.84 Å². The molecule has 0 saturated heterocycles. The molecule has 0 bridgehead atoms. The lowest BCUT2D eigenvalue weighted by Crippen LogP contribution is -2.23. The van der Waals surface area contributed by atoms with Crippen LogP contribution in [0.4, 0.5) is 0 Å². The van der Waals surface area contributed by atoms with E-state index < -0.39 is 21.9 Å². The SMILES string of the molecule is Cl.O=C(COc1ccc(S(=O)(=O)c2ccc(CCNC[C@H](O)c3cccc(Cl)c3)cc2)cc1)OCCO. The minimum Gasteiger partial charge on any atom is -0.482 e. The van der Waals surface area contributed by atoms with Crippen molar-refractivity contribution in [3.63, 3.8) is 0 Å². The van der Waals surface area contributed by atoms with E-state index in [1.54, 1.807) is 42.5 Å². The molecule has 37 heavy (non-hydrogen) atoms. The van der Waals surface area contributed by atoms with E-state index in [1.165, 1.54) is 24.3 Å². The molecule has 11 heteroatoms. The van der Waals surface area contributed by atoms with Crippen molar-refractivity contribution in [3.05, 3.63) is 88.9 Å². The topological polar surface area (TPSA) is 122 Å². The Morgan fingerprint density at radius 2 is 1.65 bits per heavy atom. The van der Waals surface area contributed by atoms with E-state index in [2.05, 4.69) is 5.32 Å². The summed E-state index contributed by atoms with van der Waals surface area (Å²) >= 11 is 5.96. The molecule has 0 amide bonds. The number of carbonyl (C=O) groups excluding carboxylic acids is 1. The van der Waals surface area contributed by atoms with E-state index in [0.717, 1.165) is 11.1 Å². The summed E-state index contributed by atoms with van der Waals surface area (Å²) in [4.78, 5) is 11.7. The van der Waals surface area contributed by atoms with Gasteiger partial charge in [0, 0.05) is 11.6 Å². The lowest BCUT2D eigenvalue weighted by molar-refractivity contribution is -0.146. The zero-order valence-electron chi connectivity index (χ0n) is 19.9. The highest BCUT2D eigenvalue weighted by Crippen LogP contribution is 2.24. The predicted molar refractivity (Wildman–Crippen MR) is 142 cm³/mol. The average molecular weight is 570 g/mol. The molecule has 0 heterocycles. The zero-order chi connectivity index (χ0) is 26.0. The molecule has 0 saturated carbocycles. The molecule has 0 unspecified atom stereocenters. The van der Waals surface area contributed by atoms with Crippen molar-refractivity contribution in [3.8, 4) is 5.75 Å². The van der Waals surface area contributed by atoms with Crippen molar-refractivity contribution in [1.82, 2.24) is 5.32 Å². The van der Waals surface area contributed by atoms with Crippen LogP contribution in [0.25, 0.3) is 0 Å². The molecule has 0 aliphatic heterocycles. The minimum absolute atomic E-state index is 0. The Morgan fingerprint density at radius 1 is 1.00 bits per heavy atom. The van der Waals surface area contributed by atoms with Crippen LogP contribution >= 0.6 is 24.0 Å². The first-order valence-corrected chi connectivity index (χ1v) is 13.1. The van der Waals surface area contributed by atoms with Crippen molar-refractivity contribution < 1.29 is 32.9 Å². The number of aliphatic hydroxyl groups is 2. The zero-order valence-corrected chi connectivity index (χ0v) is 22.3. The summed E-state index contributed by atoms with van der Waals surface area (Å²) < 4.78 is 35.9. The number of rotatable bonds is 13. The Kier molecular flexibility index (Phi) is 12.3. The normalized spacial score (nSPS) is 11.9. The number of aliphatic hydroxyl groups excluding tert-OH is 2. The molecule has 0 radical (unpaired) electrons. The van der Waals surface area contributed by atoms with Crippen molar-refractivity contribution in [2.24, 2.45) is 0 Å². The fraction of sp³-hybridized carbons (Fsp3) is 0.269. The first-order valence-electron chi connectivity index (χ1n) is 11.3. The number of esters is 1. The van der Waals surface area contributed by atoms with Gasteiger partial charge in [-0.15, -0.1) is 12.4 Å². The summed E-state index contributed by atoms with van der Waals surface area (Å²) in [6, 6.07) is 19.5. The van der Waals surface area contributed by atoms with Crippen LogP contribution in [-0.4, -0.2) is 57.5 Å². The maximum atomic E-state index is 12.9. The third kappa shape index (κ3) is 9.30. The molecule has 3 rings (SSSR count). The summed E-state index contributed by atoms with van der Waals surface area (Å²) in [6.07, 6.45) is -0.0110. The van der Waals surface area contributed by atoms with Crippen molar-refractivity contribution in [1.29, 1.82) is 0 Å². The largest absolute Gasteiger partial charge is 0.482 e. The molecule has 0 aliphatic carbocycles. The molecule has 0 aliphatic rings. The number of benzene rings is 3. The summed E-state index contributed by atoms with van der Waals surface area (Å²) in [7, 11) is -3.72.